The highest BCUT2D eigenvalue weighted by Crippen LogP contribution is 2.48. The summed E-state index contributed by atoms with van der Waals surface area (Å²) in [6.07, 6.45) is 6.87. The molecule has 136 valence electrons. The van der Waals surface area contributed by atoms with Crippen LogP contribution in [0.3, 0.4) is 0 Å². The van der Waals surface area contributed by atoms with Crippen LogP contribution in [0.15, 0.2) is 66.3 Å². The molecule has 0 fully saturated rings. The monoisotopic (exact) mass is 368 g/mol. The largest absolute Gasteiger partial charge is 0.497 e. The first kappa shape index (κ1) is 17.5. The first-order chi connectivity index (χ1) is 13.6. The molecule has 0 spiro atoms. The fraction of sp³-hybridized carbons (Fsp3) is 0.130. The summed E-state index contributed by atoms with van der Waals surface area (Å²) < 4.78 is 16.8. The van der Waals surface area contributed by atoms with E-state index in [4.69, 9.17) is 14.2 Å². The van der Waals surface area contributed by atoms with Gasteiger partial charge in [-0.15, -0.1) is 0 Å². The summed E-state index contributed by atoms with van der Waals surface area (Å²) in [4.78, 5) is 0. The zero-order valence-corrected chi connectivity index (χ0v) is 15.4. The van der Waals surface area contributed by atoms with E-state index in [9.17, 15) is 10.5 Å². The summed E-state index contributed by atoms with van der Waals surface area (Å²) in [6.45, 7) is 0. The van der Waals surface area contributed by atoms with E-state index in [1.165, 1.54) is 0 Å². The van der Waals surface area contributed by atoms with Crippen molar-refractivity contribution in [1.29, 1.82) is 10.5 Å². The minimum atomic E-state index is -1.24. The lowest BCUT2D eigenvalue weighted by atomic mass is 9.82. The fourth-order valence-corrected chi connectivity index (χ4v) is 3.31. The van der Waals surface area contributed by atoms with Crippen LogP contribution in [0.4, 0.5) is 0 Å². The molecule has 1 aliphatic heterocycles. The zero-order chi connectivity index (χ0) is 19.7. The third-order valence-electron chi connectivity index (χ3n) is 4.85. The van der Waals surface area contributed by atoms with Gasteiger partial charge in [-0.25, -0.2) is 0 Å². The number of allylic oxidation sites excluding steroid dienone is 5. The van der Waals surface area contributed by atoms with Gasteiger partial charge in [-0.05, 0) is 42.0 Å². The van der Waals surface area contributed by atoms with Crippen molar-refractivity contribution >= 4 is 5.57 Å². The Morgan fingerprint density at radius 3 is 1.75 bits per heavy atom. The van der Waals surface area contributed by atoms with Crippen molar-refractivity contribution in [1.82, 2.24) is 0 Å². The molecule has 0 saturated carbocycles. The topological polar surface area (TPSA) is 75.3 Å². The van der Waals surface area contributed by atoms with Crippen LogP contribution in [0, 0.1) is 28.1 Å². The maximum atomic E-state index is 9.33. The average Bonchev–Trinajstić information content (AvgIpc) is 2.76. The Hall–Kier alpha value is -3.96. The van der Waals surface area contributed by atoms with Crippen molar-refractivity contribution in [2.45, 2.75) is 0 Å². The van der Waals surface area contributed by atoms with Crippen LogP contribution in [-0.4, -0.2) is 14.2 Å². The van der Waals surface area contributed by atoms with Gasteiger partial charge in [0.25, 0.3) is 0 Å². The number of rotatable bonds is 2. The summed E-state index contributed by atoms with van der Waals surface area (Å²) in [7, 11) is 3.22. The van der Waals surface area contributed by atoms with Gasteiger partial charge in [0.1, 0.15) is 23.0 Å². The minimum Gasteiger partial charge on any atom is -0.497 e. The molecule has 0 radical (unpaired) electrons. The number of hydrogen-bond acceptors (Lipinski definition) is 5. The van der Waals surface area contributed by atoms with Crippen LogP contribution in [0.2, 0.25) is 0 Å². The molecule has 0 unspecified atom stereocenters. The SMILES string of the molecule is COc1ccc2c(c1)Oc1cc(OC)ccc1C2=C1C=CC(C#N)(C#N)C=C1. The van der Waals surface area contributed by atoms with E-state index in [0.29, 0.717) is 23.0 Å². The Labute approximate surface area is 163 Å². The van der Waals surface area contributed by atoms with E-state index in [-0.39, 0.29) is 0 Å². The lowest BCUT2D eigenvalue weighted by molar-refractivity contribution is 0.402. The van der Waals surface area contributed by atoms with E-state index in [1.807, 2.05) is 60.7 Å². The van der Waals surface area contributed by atoms with Crippen LogP contribution in [-0.2, 0) is 0 Å². The van der Waals surface area contributed by atoms with Gasteiger partial charge in [0, 0.05) is 28.8 Å². The number of ether oxygens (including phenoxy) is 3. The van der Waals surface area contributed by atoms with Crippen molar-refractivity contribution in [2.24, 2.45) is 5.41 Å². The number of methoxy groups -OCH3 is 2. The van der Waals surface area contributed by atoms with Crippen molar-refractivity contribution in [3.63, 3.8) is 0 Å². The zero-order valence-electron chi connectivity index (χ0n) is 15.4. The first-order valence-corrected chi connectivity index (χ1v) is 8.63. The van der Waals surface area contributed by atoms with Crippen molar-refractivity contribution < 1.29 is 14.2 Å². The fourth-order valence-electron chi connectivity index (χ4n) is 3.31. The van der Waals surface area contributed by atoms with Gasteiger partial charge in [-0.3, -0.25) is 0 Å². The van der Waals surface area contributed by atoms with E-state index in [2.05, 4.69) is 0 Å². The highest BCUT2D eigenvalue weighted by atomic mass is 16.5. The summed E-state index contributed by atoms with van der Waals surface area (Å²) >= 11 is 0. The number of nitriles is 2. The van der Waals surface area contributed by atoms with Gasteiger partial charge < -0.3 is 14.2 Å². The van der Waals surface area contributed by atoms with Crippen molar-refractivity contribution in [2.75, 3.05) is 14.2 Å². The average molecular weight is 368 g/mol. The van der Waals surface area contributed by atoms with E-state index >= 15 is 0 Å². The highest BCUT2D eigenvalue weighted by Gasteiger charge is 2.29. The molecule has 1 heterocycles. The molecule has 2 aromatic carbocycles. The van der Waals surface area contributed by atoms with Crippen LogP contribution < -0.4 is 14.2 Å². The molecule has 2 aromatic rings. The highest BCUT2D eigenvalue weighted by molar-refractivity contribution is 5.92. The molecule has 28 heavy (non-hydrogen) atoms. The van der Waals surface area contributed by atoms with E-state index in [1.54, 1.807) is 26.4 Å². The Morgan fingerprint density at radius 2 is 1.32 bits per heavy atom. The second-order valence-corrected chi connectivity index (χ2v) is 6.42. The molecule has 0 N–H and O–H groups in total. The molecule has 1 aliphatic carbocycles. The normalized spacial score (nSPS) is 15.6. The molecular formula is C23H16N2O3. The number of benzene rings is 2. The lowest BCUT2D eigenvalue weighted by Gasteiger charge is -2.26. The summed E-state index contributed by atoms with van der Waals surface area (Å²) in [5, 5.41) is 18.7. The van der Waals surface area contributed by atoms with Crippen LogP contribution in [0.1, 0.15) is 11.1 Å². The third kappa shape index (κ3) is 2.71. The minimum absolute atomic E-state index is 0.668. The second kappa shape index (κ2) is 6.64. The predicted molar refractivity (Wildman–Crippen MR) is 104 cm³/mol. The van der Waals surface area contributed by atoms with Gasteiger partial charge in [0.15, 0.2) is 5.41 Å². The Kier molecular flexibility index (Phi) is 4.14. The Bertz CT molecular complexity index is 1060. The van der Waals surface area contributed by atoms with Crippen molar-refractivity contribution in [3.05, 3.63) is 77.4 Å². The molecule has 5 heteroatoms. The summed E-state index contributed by atoms with van der Waals surface area (Å²) in [6, 6.07) is 15.4. The molecule has 0 bridgehead atoms. The van der Waals surface area contributed by atoms with Crippen LogP contribution in [0.5, 0.6) is 23.0 Å². The van der Waals surface area contributed by atoms with Gasteiger partial charge in [-0.2, -0.15) is 10.5 Å². The van der Waals surface area contributed by atoms with Crippen LogP contribution >= 0.6 is 0 Å². The summed E-state index contributed by atoms with van der Waals surface area (Å²) in [5.74, 6) is 2.72. The molecular weight excluding hydrogens is 352 g/mol. The quantitative estimate of drug-likeness (QED) is 0.651. The van der Waals surface area contributed by atoms with Gasteiger partial charge in [0.2, 0.25) is 0 Å². The predicted octanol–water partition coefficient (Wildman–Crippen LogP) is 4.77. The number of fused-ring (bicyclic) bond motifs is 2. The molecule has 2 aliphatic rings. The maximum absolute atomic E-state index is 9.33. The van der Waals surface area contributed by atoms with E-state index < -0.39 is 5.41 Å². The Morgan fingerprint density at radius 1 is 0.821 bits per heavy atom. The molecule has 4 rings (SSSR count). The molecule has 0 amide bonds. The maximum Gasteiger partial charge on any atom is 0.180 e. The smallest absolute Gasteiger partial charge is 0.180 e. The first-order valence-electron chi connectivity index (χ1n) is 8.63. The second-order valence-electron chi connectivity index (χ2n) is 6.42. The molecule has 5 nitrogen and oxygen atoms in total. The van der Waals surface area contributed by atoms with E-state index in [0.717, 1.165) is 22.3 Å². The van der Waals surface area contributed by atoms with Gasteiger partial charge in [-0.1, -0.05) is 12.2 Å². The Balaban J connectivity index is 1.95. The van der Waals surface area contributed by atoms with Crippen molar-refractivity contribution in [3.8, 4) is 35.1 Å². The number of hydrogen-bond donors (Lipinski definition) is 0. The van der Waals surface area contributed by atoms with Gasteiger partial charge >= 0.3 is 0 Å². The number of nitrogens with zero attached hydrogens (tertiary/aromatic N) is 2. The lowest BCUT2D eigenvalue weighted by Crippen LogP contribution is -2.12. The molecule has 0 aromatic heterocycles. The molecule has 0 atom stereocenters. The van der Waals surface area contributed by atoms with Crippen LogP contribution in [0.25, 0.3) is 5.57 Å². The third-order valence-corrected chi connectivity index (χ3v) is 4.85. The standard InChI is InChI=1S/C23H16N2O3/c1-26-16-3-5-18-20(11-16)28-21-12-17(27-2)4-6-19(21)22(18)15-7-9-23(13-24,14-25)10-8-15/h3-12H,1-2H3. The molecule has 0 saturated heterocycles. The van der Waals surface area contributed by atoms with Gasteiger partial charge in [0.05, 0.1) is 26.4 Å². The summed E-state index contributed by atoms with van der Waals surface area (Å²) in [5.41, 5.74) is 2.43.